The van der Waals surface area contributed by atoms with Crippen molar-refractivity contribution in [1.29, 1.82) is 0 Å². The van der Waals surface area contributed by atoms with Crippen LogP contribution in [0.3, 0.4) is 0 Å². The fourth-order valence-corrected chi connectivity index (χ4v) is 3.66. The number of nitro benzene ring substituents is 1. The molecule has 2 aromatic carbocycles. The van der Waals surface area contributed by atoms with Crippen LogP contribution >= 0.6 is 0 Å². The molecule has 0 saturated carbocycles. The Kier molecular flexibility index (Phi) is 5.30. The molecule has 24 heavy (non-hydrogen) atoms. The van der Waals surface area contributed by atoms with Gasteiger partial charge in [-0.25, -0.2) is 12.8 Å². The second-order valence-corrected chi connectivity index (χ2v) is 7.46. The fraction of sp³-hybridized carbons (Fsp3) is 0.250. The molecule has 6 nitrogen and oxygen atoms in total. The van der Waals surface area contributed by atoms with Gasteiger partial charge in [0.1, 0.15) is 5.82 Å². The molecule has 0 unspecified atom stereocenters. The van der Waals surface area contributed by atoms with Crippen LogP contribution in [0, 0.1) is 15.9 Å². The normalized spacial score (nSPS) is 13.0. The van der Waals surface area contributed by atoms with Crippen LogP contribution < -0.4 is 0 Å². The summed E-state index contributed by atoms with van der Waals surface area (Å²) in [6, 6.07) is 10.5. The third-order valence-electron chi connectivity index (χ3n) is 3.81. The molecule has 0 aliphatic carbocycles. The monoisotopic (exact) mass is 352 g/mol. The van der Waals surface area contributed by atoms with Crippen LogP contribution in [0.5, 0.6) is 0 Å². The second-order valence-electron chi connectivity index (χ2n) is 5.43. The molecule has 128 valence electrons. The zero-order valence-electron chi connectivity index (χ0n) is 13.2. The van der Waals surface area contributed by atoms with Crippen molar-refractivity contribution in [3.63, 3.8) is 0 Å². The van der Waals surface area contributed by atoms with Gasteiger partial charge in [0.2, 0.25) is 10.0 Å². The fourth-order valence-electron chi connectivity index (χ4n) is 2.24. The van der Waals surface area contributed by atoms with Crippen molar-refractivity contribution < 1.29 is 17.7 Å². The van der Waals surface area contributed by atoms with E-state index in [1.165, 1.54) is 49.5 Å². The lowest BCUT2D eigenvalue weighted by Gasteiger charge is -2.24. The number of hydrogen-bond acceptors (Lipinski definition) is 4. The van der Waals surface area contributed by atoms with E-state index in [0.717, 1.165) is 4.31 Å². The minimum atomic E-state index is -3.67. The minimum Gasteiger partial charge on any atom is -0.258 e. The van der Waals surface area contributed by atoms with Gasteiger partial charge in [-0.1, -0.05) is 24.3 Å². The van der Waals surface area contributed by atoms with Crippen molar-refractivity contribution in [3.8, 4) is 0 Å². The van der Waals surface area contributed by atoms with E-state index >= 15 is 0 Å². The van der Waals surface area contributed by atoms with Crippen LogP contribution in [-0.4, -0.2) is 24.7 Å². The van der Waals surface area contributed by atoms with Gasteiger partial charge in [0.15, 0.2) is 0 Å². The maximum atomic E-state index is 12.9. The molecule has 0 spiro atoms. The number of halogens is 1. The van der Waals surface area contributed by atoms with E-state index in [-0.39, 0.29) is 11.4 Å². The molecule has 0 radical (unpaired) electrons. The van der Waals surface area contributed by atoms with E-state index in [1.54, 1.807) is 13.0 Å². The molecule has 8 heteroatoms. The van der Waals surface area contributed by atoms with E-state index < -0.39 is 26.8 Å². The lowest BCUT2D eigenvalue weighted by Crippen LogP contribution is -2.30. The Hall–Kier alpha value is -2.32. The third-order valence-corrected chi connectivity index (χ3v) is 5.70. The SMILES string of the molecule is C[C@H](c1cccc([N+](=O)[O-])c1)N(C)S(=O)(=O)Cc1ccc(F)cc1. The lowest BCUT2D eigenvalue weighted by molar-refractivity contribution is -0.384. The van der Waals surface area contributed by atoms with Gasteiger partial charge in [0.05, 0.1) is 10.7 Å². The van der Waals surface area contributed by atoms with Crippen LogP contribution in [-0.2, 0) is 15.8 Å². The van der Waals surface area contributed by atoms with E-state index in [2.05, 4.69) is 0 Å². The van der Waals surface area contributed by atoms with Gasteiger partial charge in [0.25, 0.3) is 5.69 Å². The van der Waals surface area contributed by atoms with Crippen molar-refractivity contribution in [2.45, 2.75) is 18.7 Å². The maximum absolute atomic E-state index is 12.9. The van der Waals surface area contributed by atoms with Crippen molar-refractivity contribution in [1.82, 2.24) is 4.31 Å². The number of nitrogens with zero attached hydrogens (tertiary/aromatic N) is 2. The number of rotatable bonds is 6. The predicted octanol–water partition coefficient (Wildman–Crippen LogP) is 3.26. The van der Waals surface area contributed by atoms with Crippen LogP contribution in [0.25, 0.3) is 0 Å². The van der Waals surface area contributed by atoms with E-state index in [1.807, 2.05) is 0 Å². The first-order chi connectivity index (χ1) is 11.2. The Morgan fingerprint density at radius 3 is 2.42 bits per heavy atom. The Bertz CT molecular complexity index is 837. The Labute approximate surface area is 139 Å². The van der Waals surface area contributed by atoms with E-state index in [9.17, 15) is 22.9 Å². The molecule has 0 heterocycles. The minimum absolute atomic E-state index is 0.0938. The topological polar surface area (TPSA) is 80.5 Å². The molecular weight excluding hydrogens is 335 g/mol. The van der Waals surface area contributed by atoms with Gasteiger partial charge in [0, 0.05) is 25.2 Å². The van der Waals surface area contributed by atoms with E-state index in [0.29, 0.717) is 11.1 Å². The zero-order chi connectivity index (χ0) is 17.9. The van der Waals surface area contributed by atoms with Crippen molar-refractivity contribution >= 4 is 15.7 Å². The quantitative estimate of drug-likeness (QED) is 0.590. The van der Waals surface area contributed by atoms with Crippen molar-refractivity contribution in [3.05, 3.63) is 75.6 Å². The summed E-state index contributed by atoms with van der Waals surface area (Å²) >= 11 is 0. The summed E-state index contributed by atoms with van der Waals surface area (Å²) in [6.07, 6.45) is 0. The predicted molar refractivity (Wildman–Crippen MR) is 88.3 cm³/mol. The molecule has 2 rings (SSSR count). The smallest absolute Gasteiger partial charge is 0.258 e. The molecule has 0 saturated heterocycles. The average Bonchev–Trinajstić information content (AvgIpc) is 2.55. The van der Waals surface area contributed by atoms with Gasteiger partial charge in [-0.15, -0.1) is 0 Å². The largest absolute Gasteiger partial charge is 0.269 e. The summed E-state index contributed by atoms with van der Waals surface area (Å²) in [4.78, 5) is 10.3. The summed E-state index contributed by atoms with van der Waals surface area (Å²) in [6.45, 7) is 1.65. The third kappa shape index (κ3) is 4.15. The summed E-state index contributed by atoms with van der Waals surface area (Å²) < 4.78 is 39.1. The highest BCUT2D eigenvalue weighted by Gasteiger charge is 2.25. The highest BCUT2D eigenvalue weighted by atomic mass is 32.2. The molecule has 1 atom stereocenters. The number of sulfonamides is 1. The molecule has 0 aliphatic heterocycles. The number of non-ortho nitro benzene ring substituents is 1. The zero-order valence-corrected chi connectivity index (χ0v) is 14.0. The maximum Gasteiger partial charge on any atom is 0.269 e. The molecule has 0 aromatic heterocycles. The Morgan fingerprint density at radius 1 is 1.21 bits per heavy atom. The number of benzene rings is 2. The van der Waals surface area contributed by atoms with Crippen LogP contribution in [0.2, 0.25) is 0 Å². The molecular formula is C16H17FN2O4S. The summed E-state index contributed by atoms with van der Waals surface area (Å²) in [5.74, 6) is -0.710. The van der Waals surface area contributed by atoms with Crippen LogP contribution in [0.4, 0.5) is 10.1 Å². The summed E-state index contributed by atoms with van der Waals surface area (Å²) in [7, 11) is -2.25. The Balaban J connectivity index is 2.22. The van der Waals surface area contributed by atoms with Crippen molar-refractivity contribution in [2.24, 2.45) is 0 Å². The first-order valence-electron chi connectivity index (χ1n) is 7.15. The van der Waals surface area contributed by atoms with Gasteiger partial charge < -0.3 is 0 Å². The molecule has 0 amide bonds. The van der Waals surface area contributed by atoms with Gasteiger partial charge in [-0.3, -0.25) is 10.1 Å². The van der Waals surface area contributed by atoms with Crippen LogP contribution in [0.15, 0.2) is 48.5 Å². The molecule has 0 N–H and O–H groups in total. The highest BCUT2D eigenvalue weighted by molar-refractivity contribution is 7.88. The van der Waals surface area contributed by atoms with Crippen LogP contribution in [0.1, 0.15) is 24.1 Å². The van der Waals surface area contributed by atoms with E-state index in [4.69, 9.17) is 0 Å². The molecule has 0 fully saturated rings. The second kappa shape index (κ2) is 7.06. The molecule has 2 aromatic rings. The molecule has 0 aliphatic rings. The molecule has 0 bridgehead atoms. The first kappa shape index (κ1) is 18.0. The van der Waals surface area contributed by atoms with Gasteiger partial charge in [-0.2, -0.15) is 4.31 Å². The van der Waals surface area contributed by atoms with Gasteiger partial charge >= 0.3 is 0 Å². The first-order valence-corrected chi connectivity index (χ1v) is 8.76. The number of hydrogen-bond donors (Lipinski definition) is 0. The summed E-state index contributed by atoms with van der Waals surface area (Å²) in [5.41, 5.74) is 0.896. The van der Waals surface area contributed by atoms with Gasteiger partial charge in [-0.05, 0) is 30.2 Å². The average molecular weight is 352 g/mol. The number of nitro groups is 1. The highest BCUT2D eigenvalue weighted by Crippen LogP contribution is 2.26. The summed E-state index contributed by atoms with van der Waals surface area (Å²) in [5, 5.41) is 10.9. The van der Waals surface area contributed by atoms with Crippen molar-refractivity contribution in [2.75, 3.05) is 7.05 Å². The lowest BCUT2D eigenvalue weighted by atomic mass is 10.1. The standard InChI is InChI=1S/C16H17FN2O4S/c1-12(14-4-3-5-16(10-14)19(20)21)18(2)24(22,23)11-13-6-8-15(17)9-7-13/h3-10,12H,11H2,1-2H3/t12-/m1/s1. The Morgan fingerprint density at radius 2 is 1.83 bits per heavy atom.